The quantitative estimate of drug-likeness (QED) is 0.783. The van der Waals surface area contributed by atoms with E-state index in [1.807, 2.05) is 0 Å². The first-order chi connectivity index (χ1) is 9.05. The Balaban J connectivity index is 1.64. The van der Waals surface area contributed by atoms with Crippen LogP contribution in [-0.2, 0) is 0 Å². The van der Waals surface area contributed by atoms with Crippen molar-refractivity contribution in [1.29, 1.82) is 0 Å². The zero-order valence-electron chi connectivity index (χ0n) is 13.2. The zero-order chi connectivity index (χ0) is 13.7. The molecular weight excluding hydrogens is 232 g/mol. The first-order valence-corrected chi connectivity index (χ1v) is 8.18. The van der Waals surface area contributed by atoms with Crippen molar-refractivity contribution in [1.82, 2.24) is 10.2 Å². The molecular formula is C17H32N2. The average Bonchev–Trinajstić information content (AvgIpc) is 2.39. The van der Waals surface area contributed by atoms with Crippen LogP contribution in [0.25, 0.3) is 0 Å². The SMILES string of the molecule is CC(C)(C)C1=CCN(CCCC2CCNCC2)CC1. The maximum Gasteiger partial charge on any atom is 0.0166 e. The van der Waals surface area contributed by atoms with Crippen molar-refractivity contribution < 1.29 is 0 Å². The zero-order valence-corrected chi connectivity index (χ0v) is 13.2. The maximum absolute atomic E-state index is 3.46. The van der Waals surface area contributed by atoms with Gasteiger partial charge in [-0.15, -0.1) is 0 Å². The highest BCUT2D eigenvalue weighted by Crippen LogP contribution is 2.30. The van der Waals surface area contributed by atoms with Crippen LogP contribution >= 0.6 is 0 Å². The summed E-state index contributed by atoms with van der Waals surface area (Å²) >= 11 is 0. The van der Waals surface area contributed by atoms with Crippen LogP contribution in [0.3, 0.4) is 0 Å². The van der Waals surface area contributed by atoms with Gasteiger partial charge in [-0.05, 0) is 63.1 Å². The van der Waals surface area contributed by atoms with Crippen molar-refractivity contribution in [3.8, 4) is 0 Å². The van der Waals surface area contributed by atoms with Gasteiger partial charge >= 0.3 is 0 Å². The van der Waals surface area contributed by atoms with Crippen LogP contribution in [0.4, 0.5) is 0 Å². The second-order valence-corrected chi connectivity index (χ2v) is 7.37. The van der Waals surface area contributed by atoms with E-state index in [-0.39, 0.29) is 0 Å². The summed E-state index contributed by atoms with van der Waals surface area (Å²) < 4.78 is 0. The Morgan fingerprint density at radius 2 is 2.00 bits per heavy atom. The number of hydrogen-bond acceptors (Lipinski definition) is 2. The molecule has 19 heavy (non-hydrogen) atoms. The summed E-state index contributed by atoms with van der Waals surface area (Å²) in [5, 5.41) is 3.46. The fraction of sp³-hybridized carbons (Fsp3) is 0.882. The Bertz CT molecular complexity index is 295. The average molecular weight is 264 g/mol. The fourth-order valence-corrected chi connectivity index (χ4v) is 3.37. The van der Waals surface area contributed by atoms with Gasteiger partial charge in [0, 0.05) is 13.1 Å². The largest absolute Gasteiger partial charge is 0.317 e. The molecule has 0 aromatic carbocycles. The van der Waals surface area contributed by atoms with Gasteiger partial charge in [-0.3, -0.25) is 4.90 Å². The van der Waals surface area contributed by atoms with Gasteiger partial charge < -0.3 is 5.32 Å². The summed E-state index contributed by atoms with van der Waals surface area (Å²) in [5.41, 5.74) is 2.03. The number of nitrogens with one attached hydrogen (secondary N) is 1. The van der Waals surface area contributed by atoms with Crippen LogP contribution in [-0.4, -0.2) is 37.6 Å². The van der Waals surface area contributed by atoms with Gasteiger partial charge in [-0.25, -0.2) is 0 Å². The summed E-state index contributed by atoms with van der Waals surface area (Å²) in [4.78, 5) is 2.64. The predicted octanol–water partition coefficient (Wildman–Crippen LogP) is 3.44. The van der Waals surface area contributed by atoms with E-state index in [2.05, 4.69) is 37.1 Å². The minimum Gasteiger partial charge on any atom is -0.317 e. The van der Waals surface area contributed by atoms with Gasteiger partial charge in [-0.1, -0.05) is 32.4 Å². The second-order valence-electron chi connectivity index (χ2n) is 7.37. The third kappa shape index (κ3) is 4.92. The van der Waals surface area contributed by atoms with E-state index in [1.165, 1.54) is 64.8 Å². The van der Waals surface area contributed by atoms with Crippen molar-refractivity contribution in [3.63, 3.8) is 0 Å². The molecule has 0 aromatic heterocycles. The van der Waals surface area contributed by atoms with Crippen LogP contribution in [0.5, 0.6) is 0 Å². The van der Waals surface area contributed by atoms with Crippen LogP contribution < -0.4 is 5.32 Å². The molecule has 0 unspecified atom stereocenters. The molecule has 0 saturated carbocycles. The lowest BCUT2D eigenvalue weighted by Crippen LogP contribution is -2.33. The van der Waals surface area contributed by atoms with Gasteiger partial charge in [0.25, 0.3) is 0 Å². The van der Waals surface area contributed by atoms with Gasteiger partial charge in [0.05, 0.1) is 0 Å². The van der Waals surface area contributed by atoms with Crippen LogP contribution in [0.2, 0.25) is 0 Å². The van der Waals surface area contributed by atoms with Crippen molar-refractivity contribution in [2.75, 3.05) is 32.7 Å². The summed E-state index contributed by atoms with van der Waals surface area (Å²) in [5.74, 6) is 0.992. The number of nitrogens with zero attached hydrogens (tertiary/aromatic N) is 1. The Morgan fingerprint density at radius 3 is 2.58 bits per heavy atom. The Kier molecular flexibility index (Phi) is 5.47. The standard InChI is InChI=1S/C17H32N2/c1-17(2,3)16-8-13-19(14-9-16)12-4-5-15-6-10-18-11-7-15/h8,15,18H,4-7,9-14H2,1-3H3. The van der Waals surface area contributed by atoms with E-state index in [9.17, 15) is 0 Å². The minimum atomic E-state index is 0.376. The molecule has 1 N–H and O–H groups in total. The highest BCUT2D eigenvalue weighted by Gasteiger charge is 2.21. The van der Waals surface area contributed by atoms with E-state index in [1.54, 1.807) is 5.57 Å². The molecule has 2 aliphatic rings. The third-order valence-electron chi connectivity index (χ3n) is 4.80. The summed E-state index contributed by atoms with van der Waals surface area (Å²) in [6, 6.07) is 0. The van der Waals surface area contributed by atoms with Gasteiger partial charge in [0.15, 0.2) is 0 Å². The number of rotatable bonds is 4. The Hall–Kier alpha value is -0.340. The maximum atomic E-state index is 3.46. The van der Waals surface area contributed by atoms with Gasteiger partial charge in [-0.2, -0.15) is 0 Å². The molecule has 0 spiro atoms. The van der Waals surface area contributed by atoms with Crippen LogP contribution in [0.1, 0.15) is 52.9 Å². The molecule has 2 heterocycles. The minimum absolute atomic E-state index is 0.376. The van der Waals surface area contributed by atoms with Crippen molar-refractivity contribution in [2.45, 2.75) is 52.9 Å². The fourth-order valence-electron chi connectivity index (χ4n) is 3.37. The van der Waals surface area contributed by atoms with Gasteiger partial charge in [0.2, 0.25) is 0 Å². The molecule has 0 aromatic rings. The molecule has 0 bridgehead atoms. The Morgan fingerprint density at radius 1 is 1.26 bits per heavy atom. The van der Waals surface area contributed by atoms with E-state index in [4.69, 9.17) is 0 Å². The van der Waals surface area contributed by atoms with Crippen molar-refractivity contribution >= 4 is 0 Å². The number of piperidine rings is 1. The molecule has 0 amide bonds. The topological polar surface area (TPSA) is 15.3 Å². The molecule has 1 fully saturated rings. The molecule has 2 aliphatic heterocycles. The Labute approximate surface area is 119 Å². The summed E-state index contributed by atoms with van der Waals surface area (Å²) in [6.07, 6.45) is 9.38. The van der Waals surface area contributed by atoms with Crippen LogP contribution in [0.15, 0.2) is 11.6 Å². The van der Waals surface area contributed by atoms with E-state index in [0.29, 0.717) is 5.41 Å². The van der Waals surface area contributed by atoms with E-state index in [0.717, 1.165) is 5.92 Å². The molecule has 110 valence electrons. The smallest absolute Gasteiger partial charge is 0.0166 e. The normalized spacial score (nSPS) is 23.4. The third-order valence-corrected chi connectivity index (χ3v) is 4.80. The van der Waals surface area contributed by atoms with Crippen LogP contribution in [0, 0.1) is 11.3 Å². The lowest BCUT2D eigenvalue weighted by molar-refractivity contribution is 0.256. The molecule has 0 aliphatic carbocycles. The predicted molar refractivity (Wildman–Crippen MR) is 83.4 cm³/mol. The molecule has 2 rings (SSSR count). The molecule has 0 radical (unpaired) electrons. The highest BCUT2D eigenvalue weighted by molar-refractivity contribution is 5.14. The van der Waals surface area contributed by atoms with Crippen molar-refractivity contribution in [3.05, 3.63) is 11.6 Å². The molecule has 0 atom stereocenters. The first kappa shape index (κ1) is 15.1. The molecule has 1 saturated heterocycles. The number of hydrogen-bond donors (Lipinski definition) is 1. The van der Waals surface area contributed by atoms with Gasteiger partial charge in [0.1, 0.15) is 0 Å². The van der Waals surface area contributed by atoms with Crippen molar-refractivity contribution in [2.24, 2.45) is 11.3 Å². The lowest BCUT2D eigenvalue weighted by Gasteiger charge is -2.32. The summed E-state index contributed by atoms with van der Waals surface area (Å²) in [6.45, 7) is 13.3. The second kappa shape index (κ2) is 6.90. The monoisotopic (exact) mass is 264 g/mol. The molecule has 2 heteroatoms. The highest BCUT2D eigenvalue weighted by atomic mass is 15.1. The first-order valence-electron chi connectivity index (χ1n) is 8.18. The summed E-state index contributed by atoms with van der Waals surface area (Å²) in [7, 11) is 0. The molecule has 2 nitrogen and oxygen atoms in total. The van der Waals surface area contributed by atoms with E-state index < -0.39 is 0 Å². The van der Waals surface area contributed by atoms with E-state index >= 15 is 0 Å². The lowest BCUT2D eigenvalue weighted by atomic mass is 9.83.